The van der Waals surface area contributed by atoms with Crippen LogP contribution in [-0.4, -0.2) is 16.3 Å². The predicted octanol–water partition coefficient (Wildman–Crippen LogP) is 3.16. The molecule has 0 bridgehead atoms. The van der Waals surface area contributed by atoms with E-state index in [1.165, 1.54) is 11.1 Å². The van der Waals surface area contributed by atoms with Gasteiger partial charge < -0.3 is 5.32 Å². The number of aromatic nitrogens is 2. The lowest BCUT2D eigenvalue weighted by Gasteiger charge is -2.07. The second-order valence-corrected chi connectivity index (χ2v) is 5.18. The Morgan fingerprint density at radius 3 is 2.53 bits per heavy atom. The van der Waals surface area contributed by atoms with E-state index in [1.807, 2.05) is 10.9 Å². The van der Waals surface area contributed by atoms with Gasteiger partial charge in [-0.15, -0.1) is 0 Å². The third kappa shape index (κ3) is 3.93. The van der Waals surface area contributed by atoms with Crippen LogP contribution in [0, 0.1) is 0 Å². The summed E-state index contributed by atoms with van der Waals surface area (Å²) in [4.78, 5) is 0. The van der Waals surface area contributed by atoms with Crippen molar-refractivity contribution in [3.05, 3.63) is 53.3 Å². The van der Waals surface area contributed by atoms with Crippen LogP contribution in [0.15, 0.2) is 36.5 Å². The Morgan fingerprint density at radius 2 is 1.89 bits per heavy atom. The van der Waals surface area contributed by atoms with Crippen molar-refractivity contribution in [3.63, 3.8) is 0 Å². The maximum Gasteiger partial charge on any atom is 0.0762 e. The third-order valence-corrected chi connectivity index (χ3v) is 3.24. The van der Waals surface area contributed by atoms with Crippen molar-refractivity contribution < 1.29 is 0 Å². The molecule has 0 aliphatic carbocycles. The van der Waals surface area contributed by atoms with Gasteiger partial charge in [0.1, 0.15) is 0 Å². The van der Waals surface area contributed by atoms with Crippen LogP contribution in [0.2, 0.25) is 0 Å². The summed E-state index contributed by atoms with van der Waals surface area (Å²) in [5, 5.41) is 7.84. The van der Waals surface area contributed by atoms with Crippen LogP contribution in [0.25, 0.3) is 0 Å². The van der Waals surface area contributed by atoms with Gasteiger partial charge in [-0.3, -0.25) is 4.68 Å². The normalized spacial score (nSPS) is 11.2. The van der Waals surface area contributed by atoms with E-state index in [4.69, 9.17) is 0 Å². The van der Waals surface area contributed by atoms with E-state index in [2.05, 4.69) is 61.5 Å². The minimum atomic E-state index is 0.588. The first-order chi connectivity index (χ1) is 9.19. The van der Waals surface area contributed by atoms with Gasteiger partial charge in [0.05, 0.1) is 12.2 Å². The van der Waals surface area contributed by atoms with Gasteiger partial charge in [-0.05, 0) is 29.7 Å². The van der Waals surface area contributed by atoms with Crippen molar-refractivity contribution >= 4 is 0 Å². The van der Waals surface area contributed by atoms with E-state index >= 15 is 0 Å². The van der Waals surface area contributed by atoms with Crippen LogP contribution < -0.4 is 5.32 Å². The Morgan fingerprint density at radius 1 is 1.16 bits per heavy atom. The van der Waals surface area contributed by atoms with Gasteiger partial charge in [-0.1, -0.05) is 45.0 Å². The van der Waals surface area contributed by atoms with E-state index in [0.29, 0.717) is 5.92 Å². The average Bonchev–Trinajstić information content (AvgIpc) is 2.84. The summed E-state index contributed by atoms with van der Waals surface area (Å²) in [6.07, 6.45) is 2.04. The van der Waals surface area contributed by atoms with E-state index in [1.54, 1.807) is 0 Å². The molecule has 0 radical (unpaired) electrons. The molecule has 0 aliphatic heterocycles. The van der Waals surface area contributed by atoms with Crippen molar-refractivity contribution in [3.8, 4) is 0 Å². The van der Waals surface area contributed by atoms with Crippen LogP contribution in [-0.2, 0) is 13.1 Å². The molecule has 3 heteroatoms. The van der Waals surface area contributed by atoms with Crippen molar-refractivity contribution in [2.45, 2.75) is 39.8 Å². The molecule has 0 atom stereocenters. The summed E-state index contributed by atoms with van der Waals surface area (Å²) in [5.74, 6) is 0.588. The molecule has 1 aromatic carbocycles. The zero-order valence-electron chi connectivity index (χ0n) is 12.1. The highest BCUT2D eigenvalue weighted by molar-refractivity contribution is 5.24. The van der Waals surface area contributed by atoms with E-state index in [-0.39, 0.29) is 0 Å². The van der Waals surface area contributed by atoms with E-state index < -0.39 is 0 Å². The smallest absolute Gasteiger partial charge is 0.0762 e. The van der Waals surface area contributed by atoms with Crippen molar-refractivity contribution in [1.29, 1.82) is 0 Å². The van der Waals surface area contributed by atoms with Gasteiger partial charge in [-0.25, -0.2) is 0 Å². The lowest BCUT2D eigenvalue weighted by atomic mass is 10.0. The summed E-state index contributed by atoms with van der Waals surface area (Å²) in [5.41, 5.74) is 3.78. The molecule has 0 spiro atoms. The number of nitrogens with zero attached hydrogens (tertiary/aromatic N) is 2. The maximum absolute atomic E-state index is 4.55. The molecular formula is C16H23N3. The van der Waals surface area contributed by atoms with E-state index in [9.17, 15) is 0 Å². The van der Waals surface area contributed by atoms with Gasteiger partial charge >= 0.3 is 0 Å². The molecule has 3 nitrogen and oxygen atoms in total. The first-order valence-electron chi connectivity index (χ1n) is 7.01. The number of hydrogen-bond donors (Lipinski definition) is 1. The fraction of sp³-hybridized carbons (Fsp3) is 0.438. The molecule has 0 amide bonds. The molecule has 0 aliphatic rings. The molecule has 0 fully saturated rings. The van der Waals surface area contributed by atoms with Gasteiger partial charge in [0.15, 0.2) is 0 Å². The SMILES string of the molecule is CCNCc1ccn(Cc2ccc(C(C)C)cc2)n1. The fourth-order valence-electron chi connectivity index (χ4n) is 2.03. The average molecular weight is 257 g/mol. The molecular weight excluding hydrogens is 234 g/mol. The molecule has 0 saturated heterocycles. The Labute approximate surface area is 115 Å². The lowest BCUT2D eigenvalue weighted by Crippen LogP contribution is -2.12. The second-order valence-electron chi connectivity index (χ2n) is 5.18. The van der Waals surface area contributed by atoms with Crippen LogP contribution in [0.3, 0.4) is 0 Å². The number of nitrogens with one attached hydrogen (secondary N) is 1. The van der Waals surface area contributed by atoms with Gasteiger partial charge in [0.2, 0.25) is 0 Å². The van der Waals surface area contributed by atoms with Crippen molar-refractivity contribution in [1.82, 2.24) is 15.1 Å². The first kappa shape index (κ1) is 13.8. The number of benzene rings is 1. The van der Waals surface area contributed by atoms with Crippen molar-refractivity contribution in [2.75, 3.05) is 6.54 Å². The van der Waals surface area contributed by atoms with Crippen LogP contribution in [0.1, 0.15) is 43.5 Å². The maximum atomic E-state index is 4.55. The summed E-state index contributed by atoms with van der Waals surface area (Å²) in [7, 11) is 0. The highest BCUT2D eigenvalue weighted by Gasteiger charge is 2.01. The molecule has 102 valence electrons. The quantitative estimate of drug-likeness (QED) is 0.861. The second kappa shape index (κ2) is 6.53. The molecule has 1 N–H and O–H groups in total. The molecule has 0 saturated carbocycles. The molecule has 19 heavy (non-hydrogen) atoms. The first-order valence-corrected chi connectivity index (χ1v) is 7.01. The number of hydrogen-bond acceptors (Lipinski definition) is 2. The summed E-state index contributed by atoms with van der Waals surface area (Å²) < 4.78 is 2.00. The minimum Gasteiger partial charge on any atom is -0.311 e. The van der Waals surface area contributed by atoms with E-state index in [0.717, 1.165) is 25.3 Å². The topological polar surface area (TPSA) is 29.9 Å². The van der Waals surface area contributed by atoms with Gasteiger partial charge in [-0.2, -0.15) is 5.10 Å². The largest absolute Gasteiger partial charge is 0.311 e. The molecule has 2 rings (SSSR count). The molecule has 1 aromatic heterocycles. The monoisotopic (exact) mass is 257 g/mol. The highest BCUT2D eigenvalue weighted by Crippen LogP contribution is 2.15. The summed E-state index contributed by atoms with van der Waals surface area (Å²) >= 11 is 0. The Kier molecular flexibility index (Phi) is 4.74. The standard InChI is InChI=1S/C16H23N3/c1-4-17-11-16-9-10-19(18-16)12-14-5-7-15(8-6-14)13(2)3/h5-10,13,17H,4,11-12H2,1-3H3. The third-order valence-electron chi connectivity index (χ3n) is 3.24. The predicted molar refractivity (Wildman–Crippen MR) is 79.2 cm³/mol. The van der Waals surface area contributed by atoms with Gasteiger partial charge in [0.25, 0.3) is 0 Å². The van der Waals surface area contributed by atoms with Crippen LogP contribution in [0.5, 0.6) is 0 Å². The molecule has 0 unspecified atom stereocenters. The Bertz CT molecular complexity index is 497. The minimum absolute atomic E-state index is 0.588. The zero-order valence-corrected chi connectivity index (χ0v) is 12.1. The Balaban J connectivity index is 1.98. The molecule has 1 heterocycles. The summed E-state index contributed by atoms with van der Waals surface area (Å²) in [6, 6.07) is 10.9. The Hall–Kier alpha value is -1.61. The zero-order chi connectivity index (χ0) is 13.7. The molecule has 2 aromatic rings. The highest BCUT2D eigenvalue weighted by atomic mass is 15.3. The fourth-order valence-corrected chi connectivity index (χ4v) is 2.03. The van der Waals surface area contributed by atoms with Crippen molar-refractivity contribution in [2.24, 2.45) is 0 Å². The van der Waals surface area contributed by atoms with Gasteiger partial charge in [0, 0.05) is 12.7 Å². The summed E-state index contributed by atoms with van der Waals surface area (Å²) in [6.45, 7) is 9.20. The van der Waals surface area contributed by atoms with Crippen LogP contribution in [0.4, 0.5) is 0 Å². The lowest BCUT2D eigenvalue weighted by molar-refractivity contribution is 0.644. The van der Waals surface area contributed by atoms with Crippen LogP contribution >= 0.6 is 0 Å². The number of rotatable bonds is 6.